The largest absolute Gasteiger partial charge is 0.229 e. The summed E-state index contributed by atoms with van der Waals surface area (Å²) in [6, 6.07) is 0. The van der Waals surface area contributed by atoms with Crippen molar-refractivity contribution in [1.29, 1.82) is 0 Å². The maximum absolute atomic E-state index is 10.7. The lowest BCUT2D eigenvalue weighted by molar-refractivity contribution is 0.484. The molecule has 0 saturated carbocycles. The number of sulfonamides is 1. The highest BCUT2D eigenvalue weighted by Crippen LogP contribution is 2.13. The van der Waals surface area contributed by atoms with Crippen LogP contribution in [0.25, 0.3) is 0 Å². The van der Waals surface area contributed by atoms with Gasteiger partial charge in [-0.1, -0.05) is 33.1 Å². The maximum atomic E-state index is 10.7. The Hall–Kier alpha value is -0.0900. The molecule has 0 amide bonds. The molecule has 4 heteroatoms. The Bertz CT molecular complexity index is 199. The van der Waals surface area contributed by atoms with E-state index in [1.807, 2.05) is 6.92 Å². The lowest BCUT2D eigenvalue weighted by atomic mass is 10.0. The van der Waals surface area contributed by atoms with Crippen LogP contribution >= 0.6 is 0 Å². The van der Waals surface area contributed by atoms with Gasteiger partial charge < -0.3 is 0 Å². The van der Waals surface area contributed by atoms with E-state index >= 15 is 0 Å². The first-order chi connectivity index (χ1) is 5.49. The highest BCUT2D eigenvalue weighted by atomic mass is 32.2. The van der Waals surface area contributed by atoms with Crippen molar-refractivity contribution in [2.45, 2.75) is 39.5 Å². The summed E-state index contributed by atoms with van der Waals surface area (Å²) >= 11 is 0. The first kappa shape index (κ1) is 11.9. The summed E-state index contributed by atoms with van der Waals surface area (Å²) < 4.78 is 21.5. The third-order valence-corrected chi connectivity index (χ3v) is 2.95. The van der Waals surface area contributed by atoms with Crippen molar-refractivity contribution in [2.75, 3.05) is 5.75 Å². The molecule has 0 aliphatic carbocycles. The van der Waals surface area contributed by atoms with Crippen LogP contribution in [0.5, 0.6) is 0 Å². The van der Waals surface area contributed by atoms with Crippen LogP contribution in [0.3, 0.4) is 0 Å². The van der Waals surface area contributed by atoms with E-state index in [1.54, 1.807) is 0 Å². The molecular formula is C8H19NO2S. The average Bonchev–Trinajstić information content (AvgIpc) is 1.95. The van der Waals surface area contributed by atoms with Crippen molar-refractivity contribution < 1.29 is 8.42 Å². The molecule has 0 aromatic heterocycles. The second-order valence-electron chi connectivity index (χ2n) is 3.25. The van der Waals surface area contributed by atoms with E-state index in [2.05, 4.69) is 6.92 Å². The molecule has 0 spiro atoms. The molecule has 0 rings (SSSR count). The SMILES string of the molecule is CCCCC(CC)CS(N)(=O)=O. The zero-order valence-electron chi connectivity index (χ0n) is 7.91. The van der Waals surface area contributed by atoms with Crippen LogP contribution in [0.4, 0.5) is 0 Å². The number of rotatable bonds is 6. The third kappa shape index (κ3) is 6.61. The molecule has 12 heavy (non-hydrogen) atoms. The highest BCUT2D eigenvalue weighted by molar-refractivity contribution is 7.89. The second kappa shape index (κ2) is 5.54. The topological polar surface area (TPSA) is 60.2 Å². The molecule has 74 valence electrons. The van der Waals surface area contributed by atoms with E-state index in [1.165, 1.54) is 0 Å². The van der Waals surface area contributed by atoms with Gasteiger partial charge >= 0.3 is 0 Å². The van der Waals surface area contributed by atoms with Gasteiger partial charge in [0.15, 0.2) is 0 Å². The average molecular weight is 193 g/mol. The maximum Gasteiger partial charge on any atom is 0.209 e. The lowest BCUT2D eigenvalue weighted by Crippen LogP contribution is -2.22. The Morgan fingerprint density at radius 3 is 2.25 bits per heavy atom. The van der Waals surface area contributed by atoms with Crippen LogP contribution in [0.2, 0.25) is 0 Å². The van der Waals surface area contributed by atoms with Crippen molar-refractivity contribution >= 4 is 10.0 Å². The van der Waals surface area contributed by atoms with Gasteiger partial charge in [-0.25, -0.2) is 13.6 Å². The monoisotopic (exact) mass is 193 g/mol. The van der Waals surface area contributed by atoms with E-state index in [4.69, 9.17) is 5.14 Å². The van der Waals surface area contributed by atoms with Crippen molar-refractivity contribution in [3.8, 4) is 0 Å². The fourth-order valence-electron chi connectivity index (χ4n) is 1.23. The Labute approximate surface area is 75.4 Å². The third-order valence-electron chi connectivity index (χ3n) is 2.01. The summed E-state index contributed by atoms with van der Waals surface area (Å²) in [5.74, 6) is 0.392. The molecule has 0 bridgehead atoms. The van der Waals surface area contributed by atoms with Crippen molar-refractivity contribution in [2.24, 2.45) is 11.1 Å². The van der Waals surface area contributed by atoms with Crippen molar-refractivity contribution in [3.05, 3.63) is 0 Å². The number of hydrogen-bond donors (Lipinski definition) is 1. The number of nitrogens with two attached hydrogens (primary N) is 1. The summed E-state index contributed by atoms with van der Waals surface area (Å²) in [5.41, 5.74) is 0. The Kier molecular flexibility index (Phi) is 5.50. The van der Waals surface area contributed by atoms with Gasteiger partial charge in [-0.05, 0) is 12.3 Å². The molecule has 0 aliphatic heterocycles. The predicted molar refractivity (Wildman–Crippen MR) is 51.3 cm³/mol. The minimum atomic E-state index is -3.27. The van der Waals surface area contributed by atoms with Gasteiger partial charge in [0.2, 0.25) is 10.0 Å². The lowest BCUT2D eigenvalue weighted by Gasteiger charge is -2.11. The quantitative estimate of drug-likeness (QED) is 0.694. The fourth-order valence-corrected chi connectivity index (χ4v) is 2.29. The van der Waals surface area contributed by atoms with Gasteiger partial charge in [-0.2, -0.15) is 0 Å². The first-order valence-corrected chi connectivity index (χ1v) is 6.21. The normalized spacial score (nSPS) is 14.6. The summed E-state index contributed by atoms with van der Waals surface area (Å²) in [7, 11) is -3.27. The smallest absolute Gasteiger partial charge is 0.209 e. The van der Waals surface area contributed by atoms with Crippen LogP contribution in [-0.4, -0.2) is 14.2 Å². The molecule has 2 N–H and O–H groups in total. The van der Waals surface area contributed by atoms with Gasteiger partial charge in [0.25, 0.3) is 0 Å². The van der Waals surface area contributed by atoms with Gasteiger partial charge in [-0.3, -0.25) is 0 Å². The number of hydrogen-bond acceptors (Lipinski definition) is 2. The van der Waals surface area contributed by atoms with Gasteiger partial charge in [-0.15, -0.1) is 0 Å². The van der Waals surface area contributed by atoms with Crippen molar-refractivity contribution in [1.82, 2.24) is 0 Å². The van der Waals surface area contributed by atoms with E-state index in [-0.39, 0.29) is 11.7 Å². The molecule has 0 radical (unpaired) electrons. The van der Waals surface area contributed by atoms with Crippen LogP contribution in [0.1, 0.15) is 39.5 Å². The second-order valence-corrected chi connectivity index (χ2v) is 4.91. The number of primary sulfonamides is 1. The Balaban J connectivity index is 3.83. The van der Waals surface area contributed by atoms with Gasteiger partial charge in [0, 0.05) is 0 Å². The molecule has 0 aromatic carbocycles. The molecule has 0 aromatic rings. The Morgan fingerprint density at radius 2 is 1.92 bits per heavy atom. The van der Waals surface area contributed by atoms with Gasteiger partial charge in [0.1, 0.15) is 0 Å². The van der Waals surface area contributed by atoms with E-state index in [0.717, 1.165) is 25.7 Å². The molecule has 0 fully saturated rings. The first-order valence-electron chi connectivity index (χ1n) is 4.50. The summed E-state index contributed by atoms with van der Waals surface area (Å²) in [6.07, 6.45) is 4.08. The fraction of sp³-hybridized carbons (Fsp3) is 1.00. The molecule has 3 nitrogen and oxygen atoms in total. The summed E-state index contributed by atoms with van der Waals surface area (Å²) in [6.45, 7) is 4.11. The number of unbranched alkanes of at least 4 members (excludes halogenated alkanes) is 1. The van der Waals surface area contributed by atoms with Crippen LogP contribution in [0, 0.1) is 5.92 Å². The zero-order chi connectivity index (χ0) is 9.61. The molecule has 0 aliphatic rings. The summed E-state index contributed by atoms with van der Waals surface area (Å²) in [4.78, 5) is 0. The van der Waals surface area contributed by atoms with Crippen LogP contribution < -0.4 is 5.14 Å². The zero-order valence-corrected chi connectivity index (χ0v) is 8.73. The minimum absolute atomic E-state index is 0.142. The Morgan fingerprint density at radius 1 is 1.33 bits per heavy atom. The van der Waals surface area contributed by atoms with Crippen molar-refractivity contribution in [3.63, 3.8) is 0 Å². The molecule has 0 saturated heterocycles. The highest BCUT2D eigenvalue weighted by Gasteiger charge is 2.12. The molecule has 1 unspecified atom stereocenters. The minimum Gasteiger partial charge on any atom is -0.229 e. The summed E-state index contributed by atoms with van der Waals surface area (Å²) in [5, 5.41) is 4.96. The van der Waals surface area contributed by atoms with E-state index < -0.39 is 10.0 Å². The van der Waals surface area contributed by atoms with Gasteiger partial charge in [0.05, 0.1) is 5.75 Å². The van der Waals surface area contributed by atoms with E-state index in [0.29, 0.717) is 0 Å². The standard InChI is InChI=1S/C8H19NO2S/c1-3-5-6-8(4-2)7-12(9,10)11/h8H,3-7H2,1-2H3,(H2,9,10,11). The molecule has 0 heterocycles. The van der Waals surface area contributed by atoms with E-state index in [9.17, 15) is 8.42 Å². The van der Waals surface area contributed by atoms with Crippen LogP contribution in [-0.2, 0) is 10.0 Å². The molecular weight excluding hydrogens is 174 g/mol. The molecule has 1 atom stereocenters. The predicted octanol–water partition coefficient (Wildman–Crippen LogP) is 1.49. The van der Waals surface area contributed by atoms with Crippen LogP contribution in [0.15, 0.2) is 0 Å².